The first kappa shape index (κ1) is 17.5. The van der Waals surface area contributed by atoms with Gasteiger partial charge < -0.3 is 9.47 Å². The van der Waals surface area contributed by atoms with Gasteiger partial charge in [0.15, 0.2) is 5.75 Å². The van der Waals surface area contributed by atoms with Crippen molar-refractivity contribution in [2.75, 3.05) is 6.61 Å². The van der Waals surface area contributed by atoms with Crippen molar-refractivity contribution in [1.29, 1.82) is 0 Å². The number of carbonyl (C=O) groups excluding carboxylic acids is 2. The minimum absolute atomic E-state index is 0.0484. The first-order valence-corrected chi connectivity index (χ1v) is 7.10. The molecule has 0 amide bonds. The average Bonchev–Trinajstić information content (AvgIpc) is 2.41. The van der Waals surface area contributed by atoms with Crippen LogP contribution in [0.3, 0.4) is 0 Å². The first-order chi connectivity index (χ1) is 9.90. The predicted molar refractivity (Wildman–Crippen MR) is 81.7 cm³/mol. The largest absolute Gasteiger partial charge is 0.465 e. The summed E-state index contributed by atoms with van der Waals surface area (Å²) in [6.07, 6.45) is 0.469. The van der Waals surface area contributed by atoms with Crippen LogP contribution >= 0.6 is 23.2 Å². The first-order valence-electron chi connectivity index (χ1n) is 6.35. The molecule has 0 atom stereocenters. The van der Waals surface area contributed by atoms with E-state index in [2.05, 4.69) is 6.58 Å². The zero-order chi connectivity index (χ0) is 15.8. The molecule has 6 heteroatoms. The molecule has 0 aliphatic rings. The summed E-state index contributed by atoms with van der Waals surface area (Å²) in [5, 5.41) is 0.456. The molecule has 0 fully saturated rings. The van der Waals surface area contributed by atoms with Gasteiger partial charge >= 0.3 is 11.9 Å². The van der Waals surface area contributed by atoms with Crippen LogP contribution in [0, 0.1) is 0 Å². The maximum atomic E-state index is 11.6. The van der Waals surface area contributed by atoms with Gasteiger partial charge in [0.25, 0.3) is 0 Å². The highest BCUT2D eigenvalue weighted by molar-refractivity contribution is 6.43. The SMILES string of the molecule is C=C(C)CCOC(=O)CCC(=O)Oc1cccc(Cl)c1Cl. The Bertz CT molecular complexity index is 540. The van der Waals surface area contributed by atoms with E-state index >= 15 is 0 Å². The molecule has 114 valence electrons. The second-order valence-corrected chi connectivity index (χ2v) is 5.24. The molecule has 0 aliphatic carbocycles. The molecule has 0 spiro atoms. The van der Waals surface area contributed by atoms with Crippen LogP contribution in [0.2, 0.25) is 10.0 Å². The summed E-state index contributed by atoms with van der Waals surface area (Å²) in [6.45, 7) is 5.81. The third kappa shape index (κ3) is 6.65. The Morgan fingerprint density at radius 2 is 1.81 bits per heavy atom. The van der Waals surface area contributed by atoms with Gasteiger partial charge in [-0.05, 0) is 19.1 Å². The fourth-order valence-electron chi connectivity index (χ4n) is 1.35. The molecule has 1 rings (SSSR count). The highest BCUT2D eigenvalue weighted by atomic mass is 35.5. The smallest absolute Gasteiger partial charge is 0.311 e. The molecule has 0 saturated carbocycles. The lowest BCUT2D eigenvalue weighted by Gasteiger charge is -2.07. The van der Waals surface area contributed by atoms with Crippen LogP contribution in [0.4, 0.5) is 0 Å². The number of benzene rings is 1. The number of carbonyl (C=O) groups is 2. The lowest BCUT2D eigenvalue weighted by atomic mass is 10.2. The minimum atomic E-state index is -0.573. The molecule has 0 N–H and O–H groups in total. The lowest BCUT2D eigenvalue weighted by Crippen LogP contribution is -2.13. The maximum Gasteiger partial charge on any atom is 0.311 e. The van der Waals surface area contributed by atoms with Crippen molar-refractivity contribution < 1.29 is 19.1 Å². The van der Waals surface area contributed by atoms with Crippen LogP contribution in [0.15, 0.2) is 30.4 Å². The van der Waals surface area contributed by atoms with E-state index in [4.69, 9.17) is 32.7 Å². The molecule has 1 aromatic rings. The van der Waals surface area contributed by atoms with Crippen LogP contribution in [0.25, 0.3) is 0 Å². The molecule has 0 aromatic heterocycles. The van der Waals surface area contributed by atoms with Crippen LogP contribution in [0.5, 0.6) is 5.75 Å². The summed E-state index contributed by atoms with van der Waals surface area (Å²) in [6, 6.07) is 4.72. The Balaban J connectivity index is 2.35. The highest BCUT2D eigenvalue weighted by Crippen LogP contribution is 2.31. The van der Waals surface area contributed by atoms with Crippen molar-refractivity contribution in [3.8, 4) is 5.75 Å². The summed E-state index contributed by atoms with van der Waals surface area (Å²) in [5.41, 5.74) is 0.929. The van der Waals surface area contributed by atoms with Gasteiger partial charge in [0.2, 0.25) is 0 Å². The topological polar surface area (TPSA) is 52.6 Å². The summed E-state index contributed by atoms with van der Waals surface area (Å²) in [7, 11) is 0. The van der Waals surface area contributed by atoms with E-state index in [-0.39, 0.29) is 30.2 Å². The Labute approximate surface area is 133 Å². The average molecular weight is 331 g/mol. The van der Waals surface area contributed by atoms with Crippen molar-refractivity contribution >= 4 is 35.1 Å². The van der Waals surface area contributed by atoms with Crippen molar-refractivity contribution in [1.82, 2.24) is 0 Å². The summed E-state index contributed by atoms with van der Waals surface area (Å²) < 4.78 is 9.98. The molecule has 1 aromatic carbocycles. The molecule has 4 nitrogen and oxygen atoms in total. The van der Waals surface area contributed by atoms with E-state index < -0.39 is 11.9 Å². The summed E-state index contributed by atoms with van der Waals surface area (Å²) in [4.78, 5) is 23.0. The number of hydrogen-bond donors (Lipinski definition) is 0. The third-order valence-electron chi connectivity index (χ3n) is 2.47. The fraction of sp³-hybridized carbons (Fsp3) is 0.333. The summed E-state index contributed by atoms with van der Waals surface area (Å²) in [5.74, 6) is -0.855. The van der Waals surface area contributed by atoms with Crippen molar-refractivity contribution in [2.45, 2.75) is 26.2 Å². The fourth-order valence-corrected chi connectivity index (χ4v) is 1.68. The quantitative estimate of drug-likeness (QED) is 0.427. The lowest BCUT2D eigenvalue weighted by molar-refractivity contribution is -0.146. The molecular weight excluding hydrogens is 315 g/mol. The highest BCUT2D eigenvalue weighted by Gasteiger charge is 2.13. The third-order valence-corrected chi connectivity index (χ3v) is 3.27. The van der Waals surface area contributed by atoms with Crippen LogP contribution in [-0.4, -0.2) is 18.5 Å². The second kappa shape index (κ2) is 8.70. The Kier molecular flexibility index (Phi) is 7.26. The Morgan fingerprint density at radius 3 is 2.48 bits per heavy atom. The van der Waals surface area contributed by atoms with E-state index in [0.717, 1.165) is 5.57 Å². The van der Waals surface area contributed by atoms with E-state index in [1.165, 1.54) is 6.07 Å². The second-order valence-electron chi connectivity index (χ2n) is 4.45. The number of hydrogen-bond acceptors (Lipinski definition) is 4. The number of halogens is 2. The van der Waals surface area contributed by atoms with Crippen LogP contribution in [0.1, 0.15) is 26.2 Å². The molecule has 0 heterocycles. The monoisotopic (exact) mass is 330 g/mol. The van der Waals surface area contributed by atoms with Crippen LogP contribution < -0.4 is 4.74 Å². The van der Waals surface area contributed by atoms with E-state index in [0.29, 0.717) is 11.4 Å². The normalized spacial score (nSPS) is 10.0. The zero-order valence-electron chi connectivity index (χ0n) is 11.7. The van der Waals surface area contributed by atoms with Gasteiger partial charge in [-0.2, -0.15) is 0 Å². The van der Waals surface area contributed by atoms with Crippen molar-refractivity contribution in [3.63, 3.8) is 0 Å². The summed E-state index contributed by atoms with van der Waals surface area (Å²) >= 11 is 11.7. The van der Waals surface area contributed by atoms with Gasteiger partial charge in [0.1, 0.15) is 5.02 Å². The van der Waals surface area contributed by atoms with Gasteiger partial charge in [-0.15, -0.1) is 6.58 Å². The van der Waals surface area contributed by atoms with Crippen LogP contribution in [-0.2, 0) is 14.3 Å². The van der Waals surface area contributed by atoms with Gasteiger partial charge in [-0.25, -0.2) is 0 Å². The Morgan fingerprint density at radius 1 is 1.14 bits per heavy atom. The van der Waals surface area contributed by atoms with E-state index in [9.17, 15) is 9.59 Å². The van der Waals surface area contributed by atoms with Crippen molar-refractivity contribution in [3.05, 3.63) is 40.4 Å². The Hall–Kier alpha value is -1.52. The molecule has 21 heavy (non-hydrogen) atoms. The molecule has 0 aliphatic heterocycles. The van der Waals surface area contributed by atoms with Crippen molar-refractivity contribution in [2.24, 2.45) is 0 Å². The number of esters is 2. The van der Waals surface area contributed by atoms with Gasteiger partial charge in [-0.1, -0.05) is 34.8 Å². The van der Waals surface area contributed by atoms with Gasteiger partial charge in [0.05, 0.1) is 24.5 Å². The van der Waals surface area contributed by atoms with E-state index in [1.54, 1.807) is 12.1 Å². The van der Waals surface area contributed by atoms with Gasteiger partial charge in [0, 0.05) is 6.42 Å². The molecule has 0 bridgehead atoms. The molecule has 0 unspecified atom stereocenters. The predicted octanol–water partition coefficient (Wildman–Crippen LogP) is 4.19. The number of ether oxygens (including phenoxy) is 2. The minimum Gasteiger partial charge on any atom is -0.465 e. The van der Waals surface area contributed by atoms with Gasteiger partial charge in [-0.3, -0.25) is 9.59 Å². The molecular formula is C15H16Cl2O4. The standard InChI is InChI=1S/C15H16Cl2O4/c1-10(2)8-9-20-13(18)6-7-14(19)21-12-5-3-4-11(16)15(12)17/h3-5H,1,6-9H2,2H3. The number of rotatable bonds is 7. The zero-order valence-corrected chi connectivity index (χ0v) is 13.2. The molecule has 0 saturated heterocycles. The maximum absolute atomic E-state index is 11.6. The van der Waals surface area contributed by atoms with E-state index in [1.807, 2.05) is 6.92 Å². The molecule has 0 radical (unpaired) electrons.